The van der Waals surface area contributed by atoms with Gasteiger partial charge in [-0.2, -0.15) is 0 Å². The molecule has 3 unspecified atom stereocenters. The number of fused-ring (bicyclic) bond motifs is 2. The molecule has 2 saturated carbocycles. The average Bonchev–Trinajstić information content (AvgIpc) is 2.64. The Morgan fingerprint density at radius 1 is 1.33 bits per heavy atom. The highest BCUT2D eigenvalue weighted by atomic mass is 14.6. The van der Waals surface area contributed by atoms with Crippen LogP contribution in [-0.4, -0.2) is 6.04 Å². The third-order valence-corrected chi connectivity index (χ3v) is 4.01. The summed E-state index contributed by atoms with van der Waals surface area (Å²) in [6, 6.07) is 0.481. The maximum Gasteiger partial charge on any atom is 0.00389 e. The van der Waals surface area contributed by atoms with E-state index in [2.05, 4.69) is 6.92 Å². The Kier molecular flexibility index (Phi) is 2.40. The second kappa shape index (κ2) is 3.37. The molecule has 2 fully saturated rings. The zero-order valence-corrected chi connectivity index (χ0v) is 8.13. The second-order valence-corrected chi connectivity index (χ2v) is 4.84. The number of rotatable bonds is 3. The largest absolute Gasteiger partial charge is 0.328 e. The van der Waals surface area contributed by atoms with Gasteiger partial charge in [-0.1, -0.05) is 13.3 Å². The minimum Gasteiger partial charge on any atom is -0.328 e. The van der Waals surface area contributed by atoms with Crippen molar-refractivity contribution >= 4 is 0 Å². The fourth-order valence-corrected chi connectivity index (χ4v) is 3.22. The molecular weight excluding hydrogens is 146 g/mol. The summed E-state index contributed by atoms with van der Waals surface area (Å²) in [4.78, 5) is 0. The Morgan fingerprint density at radius 2 is 2.17 bits per heavy atom. The first-order valence-electron chi connectivity index (χ1n) is 5.55. The lowest BCUT2D eigenvalue weighted by atomic mass is 9.84. The van der Waals surface area contributed by atoms with Crippen LogP contribution in [0.25, 0.3) is 0 Å². The summed E-state index contributed by atoms with van der Waals surface area (Å²) in [6.07, 6.45) is 8.51. The Balaban J connectivity index is 1.82. The molecule has 0 amide bonds. The molecule has 0 aliphatic heterocycles. The third-order valence-electron chi connectivity index (χ3n) is 4.01. The van der Waals surface area contributed by atoms with Crippen LogP contribution in [0.3, 0.4) is 0 Å². The highest BCUT2D eigenvalue weighted by Crippen LogP contribution is 2.49. The fraction of sp³-hybridized carbons (Fsp3) is 1.00. The summed E-state index contributed by atoms with van der Waals surface area (Å²) < 4.78 is 0. The van der Waals surface area contributed by atoms with E-state index in [0.29, 0.717) is 6.04 Å². The normalized spacial score (nSPS) is 42.0. The van der Waals surface area contributed by atoms with Crippen LogP contribution in [0.1, 0.15) is 45.4 Å². The molecule has 2 N–H and O–H groups in total. The second-order valence-electron chi connectivity index (χ2n) is 4.84. The smallest absolute Gasteiger partial charge is 0.00389 e. The van der Waals surface area contributed by atoms with Crippen molar-refractivity contribution in [2.75, 3.05) is 0 Å². The Morgan fingerprint density at radius 3 is 2.67 bits per heavy atom. The van der Waals surface area contributed by atoms with Crippen LogP contribution in [0.5, 0.6) is 0 Å². The molecule has 0 radical (unpaired) electrons. The lowest BCUT2D eigenvalue weighted by molar-refractivity contribution is 0.292. The molecule has 0 aromatic heterocycles. The molecule has 2 bridgehead atoms. The van der Waals surface area contributed by atoms with E-state index >= 15 is 0 Å². The van der Waals surface area contributed by atoms with Gasteiger partial charge in [-0.25, -0.2) is 0 Å². The van der Waals surface area contributed by atoms with Gasteiger partial charge >= 0.3 is 0 Å². The van der Waals surface area contributed by atoms with Crippen molar-refractivity contribution in [3.63, 3.8) is 0 Å². The van der Waals surface area contributed by atoms with Crippen molar-refractivity contribution in [1.82, 2.24) is 0 Å². The molecule has 0 aromatic rings. The summed E-state index contributed by atoms with van der Waals surface area (Å²) in [5.41, 5.74) is 5.98. The van der Waals surface area contributed by atoms with E-state index in [-0.39, 0.29) is 0 Å². The van der Waals surface area contributed by atoms with Crippen LogP contribution >= 0.6 is 0 Å². The molecule has 12 heavy (non-hydrogen) atoms. The van der Waals surface area contributed by atoms with Crippen molar-refractivity contribution in [2.45, 2.75) is 51.5 Å². The lowest BCUT2D eigenvalue weighted by Crippen LogP contribution is -2.25. The van der Waals surface area contributed by atoms with Gasteiger partial charge in [0.2, 0.25) is 0 Å². The van der Waals surface area contributed by atoms with Crippen LogP contribution in [0, 0.1) is 17.8 Å². The molecule has 0 spiro atoms. The van der Waals surface area contributed by atoms with E-state index in [1.807, 2.05) is 0 Å². The van der Waals surface area contributed by atoms with E-state index < -0.39 is 0 Å². The molecular formula is C11H21N. The Labute approximate surface area is 75.7 Å². The van der Waals surface area contributed by atoms with Crippen molar-refractivity contribution in [2.24, 2.45) is 23.5 Å². The third kappa shape index (κ3) is 1.52. The SMILES string of the molecule is CC[C@@H](N)CC1CC2CCC1C2. The van der Waals surface area contributed by atoms with E-state index in [9.17, 15) is 0 Å². The lowest BCUT2D eigenvalue weighted by Gasteiger charge is -2.23. The standard InChI is InChI=1S/C11H21N/c1-2-11(12)7-10-6-8-3-4-9(10)5-8/h8-11H,2-7,12H2,1H3/t8?,9?,10?,11-/m1/s1. The molecule has 70 valence electrons. The molecule has 0 saturated heterocycles. The van der Waals surface area contributed by atoms with Crippen LogP contribution in [-0.2, 0) is 0 Å². The van der Waals surface area contributed by atoms with E-state index in [4.69, 9.17) is 5.73 Å². The predicted molar refractivity (Wildman–Crippen MR) is 51.8 cm³/mol. The van der Waals surface area contributed by atoms with Gasteiger partial charge in [0.05, 0.1) is 0 Å². The van der Waals surface area contributed by atoms with Gasteiger partial charge in [0, 0.05) is 6.04 Å². The molecule has 1 nitrogen and oxygen atoms in total. The van der Waals surface area contributed by atoms with Crippen molar-refractivity contribution in [3.05, 3.63) is 0 Å². The van der Waals surface area contributed by atoms with Crippen LogP contribution in [0.4, 0.5) is 0 Å². The van der Waals surface area contributed by atoms with Crippen molar-refractivity contribution in [3.8, 4) is 0 Å². The summed E-state index contributed by atoms with van der Waals surface area (Å²) in [5, 5.41) is 0. The zero-order valence-electron chi connectivity index (χ0n) is 8.13. The minimum absolute atomic E-state index is 0.481. The highest BCUT2D eigenvalue weighted by molar-refractivity contribution is 4.91. The van der Waals surface area contributed by atoms with Gasteiger partial charge in [-0.3, -0.25) is 0 Å². The monoisotopic (exact) mass is 167 g/mol. The van der Waals surface area contributed by atoms with Crippen molar-refractivity contribution in [1.29, 1.82) is 0 Å². The highest BCUT2D eigenvalue weighted by Gasteiger charge is 2.39. The number of hydrogen-bond donors (Lipinski definition) is 1. The molecule has 2 rings (SSSR count). The first-order valence-corrected chi connectivity index (χ1v) is 5.55. The summed E-state index contributed by atoms with van der Waals surface area (Å²) in [7, 11) is 0. The first-order chi connectivity index (χ1) is 5.79. The van der Waals surface area contributed by atoms with Crippen LogP contribution < -0.4 is 5.73 Å². The topological polar surface area (TPSA) is 26.0 Å². The van der Waals surface area contributed by atoms with Gasteiger partial charge < -0.3 is 5.73 Å². The molecule has 0 heterocycles. The van der Waals surface area contributed by atoms with E-state index in [1.54, 1.807) is 0 Å². The Hall–Kier alpha value is -0.0400. The minimum atomic E-state index is 0.481. The molecule has 2 aliphatic rings. The quantitative estimate of drug-likeness (QED) is 0.687. The number of nitrogens with two attached hydrogens (primary N) is 1. The molecule has 0 aromatic carbocycles. The van der Waals surface area contributed by atoms with Crippen LogP contribution in [0.2, 0.25) is 0 Å². The summed E-state index contributed by atoms with van der Waals surface area (Å²) in [6.45, 7) is 2.21. The molecule has 1 heteroatoms. The van der Waals surface area contributed by atoms with Gasteiger partial charge in [0.15, 0.2) is 0 Å². The van der Waals surface area contributed by atoms with Gasteiger partial charge in [-0.05, 0) is 49.9 Å². The van der Waals surface area contributed by atoms with Gasteiger partial charge in [0.1, 0.15) is 0 Å². The fourth-order valence-electron chi connectivity index (χ4n) is 3.22. The van der Waals surface area contributed by atoms with Crippen LogP contribution in [0.15, 0.2) is 0 Å². The maximum absolute atomic E-state index is 5.98. The van der Waals surface area contributed by atoms with E-state index in [0.717, 1.165) is 24.2 Å². The zero-order chi connectivity index (χ0) is 8.55. The maximum atomic E-state index is 5.98. The van der Waals surface area contributed by atoms with E-state index in [1.165, 1.54) is 32.1 Å². The molecule has 4 atom stereocenters. The predicted octanol–water partition coefficient (Wildman–Crippen LogP) is 2.55. The average molecular weight is 167 g/mol. The van der Waals surface area contributed by atoms with Gasteiger partial charge in [-0.15, -0.1) is 0 Å². The van der Waals surface area contributed by atoms with Gasteiger partial charge in [0.25, 0.3) is 0 Å². The summed E-state index contributed by atoms with van der Waals surface area (Å²) >= 11 is 0. The number of hydrogen-bond acceptors (Lipinski definition) is 1. The first kappa shape index (κ1) is 8.55. The molecule has 2 aliphatic carbocycles. The summed E-state index contributed by atoms with van der Waals surface area (Å²) in [5.74, 6) is 3.15. The Bertz CT molecular complexity index is 155. The van der Waals surface area contributed by atoms with Crippen molar-refractivity contribution < 1.29 is 0 Å².